The summed E-state index contributed by atoms with van der Waals surface area (Å²) in [5.41, 5.74) is 0.806. The molecule has 6 heteroatoms. The summed E-state index contributed by atoms with van der Waals surface area (Å²) in [6, 6.07) is 3.56. The summed E-state index contributed by atoms with van der Waals surface area (Å²) in [7, 11) is 0. The molecule has 0 spiro atoms. The van der Waals surface area contributed by atoms with Gasteiger partial charge in [0.25, 0.3) is 0 Å². The standard InChI is InChI=1S/C9H7ClN2O2S/c1-5-6(9(13)14)4-11-12(5)8-3-2-7(10)15-8/h2-4H,1H3,(H,13,14). The van der Waals surface area contributed by atoms with Crippen molar-refractivity contribution < 1.29 is 9.90 Å². The molecule has 2 rings (SSSR count). The number of carbonyl (C=O) groups is 1. The number of hydrogen-bond donors (Lipinski definition) is 1. The van der Waals surface area contributed by atoms with Crippen LogP contribution in [0, 0.1) is 6.92 Å². The summed E-state index contributed by atoms with van der Waals surface area (Å²) >= 11 is 7.15. The maximum absolute atomic E-state index is 10.8. The number of carboxylic acids is 1. The van der Waals surface area contributed by atoms with E-state index < -0.39 is 5.97 Å². The lowest BCUT2D eigenvalue weighted by Crippen LogP contribution is -2.00. The fraction of sp³-hybridized carbons (Fsp3) is 0.111. The Hall–Kier alpha value is -1.33. The highest BCUT2D eigenvalue weighted by molar-refractivity contribution is 7.18. The van der Waals surface area contributed by atoms with Gasteiger partial charge in [0, 0.05) is 0 Å². The highest BCUT2D eigenvalue weighted by Crippen LogP contribution is 2.26. The number of hydrogen-bond acceptors (Lipinski definition) is 3. The van der Waals surface area contributed by atoms with Gasteiger partial charge in [0.2, 0.25) is 0 Å². The fourth-order valence-corrected chi connectivity index (χ4v) is 2.30. The number of aromatic nitrogens is 2. The minimum absolute atomic E-state index is 0.208. The molecule has 0 radical (unpaired) electrons. The average molecular weight is 243 g/mol. The fourth-order valence-electron chi connectivity index (χ4n) is 1.26. The van der Waals surface area contributed by atoms with E-state index in [-0.39, 0.29) is 5.56 Å². The molecular weight excluding hydrogens is 236 g/mol. The first-order valence-electron chi connectivity index (χ1n) is 4.13. The minimum atomic E-state index is -0.971. The van der Waals surface area contributed by atoms with Crippen molar-refractivity contribution in [1.29, 1.82) is 0 Å². The predicted molar refractivity (Wildman–Crippen MR) is 58.1 cm³/mol. The summed E-state index contributed by atoms with van der Waals surface area (Å²) in [6.45, 7) is 1.71. The Morgan fingerprint density at radius 2 is 2.33 bits per heavy atom. The molecule has 0 aliphatic rings. The molecule has 0 aromatic carbocycles. The van der Waals surface area contributed by atoms with Crippen molar-refractivity contribution in [1.82, 2.24) is 9.78 Å². The first kappa shape index (κ1) is 10.2. The van der Waals surface area contributed by atoms with Gasteiger partial charge in [0.15, 0.2) is 0 Å². The van der Waals surface area contributed by atoms with Gasteiger partial charge < -0.3 is 5.11 Å². The zero-order valence-electron chi connectivity index (χ0n) is 7.77. The highest BCUT2D eigenvalue weighted by atomic mass is 35.5. The van der Waals surface area contributed by atoms with E-state index in [1.807, 2.05) is 0 Å². The highest BCUT2D eigenvalue weighted by Gasteiger charge is 2.14. The molecule has 0 unspecified atom stereocenters. The van der Waals surface area contributed by atoms with Crippen molar-refractivity contribution in [2.75, 3.05) is 0 Å². The van der Waals surface area contributed by atoms with E-state index in [9.17, 15) is 4.79 Å². The Morgan fingerprint density at radius 3 is 2.80 bits per heavy atom. The van der Waals surface area contributed by atoms with E-state index in [0.717, 1.165) is 5.00 Å². The number of aromatic carboxylic acids is 1. The summed E-state index contributed by atoms with van der Waals surface area (Å²) in [6.07, 6.45) is 1.34. The van der Waals surface area contributed by atoms with Crippen LogP contribution in [0.25, 0.3) is 5.00 Å². The van der Waals surface area contributed by atoms with Crippen LogP contribution in [0.5, 0.6) is 0 Å². The van der Waals surface area contributed by atoms with Gasteiger partial charge in [-0.1, -0.05) is 11.6 Å². The molecular formula is C9H7ClN2O2S. The van der Waals surface area contributed by atoms with Crippen LogP contribution in [0.15, 0.2) is 18.3 Å². The molecule has 0 fully saturated rings. The van der Waals surface area contributed by atoms with Crippen LogP contribution in [0.4, 0.5) is 0 Å². The van der Waals surface area contributed by atoms with Gasteiger partial charge in [-0.05, 0) is 19.1 Å². The van der Waals surface area contributed by atoms with Crippen molar-refractivity contribution in [2.24, 2.45) is 0 Å². The van der Waals surface area contributed by atoms with Gasteiger partial charge in [0.05, 0.1) is 16.2 Å². The van der Waals surface area contributed by atoms with Crippen LogP contribution in [0.2, 0.25) is 4.34 Å². The summed E-state index contributed by atoms with van der Waals surface area (Å²) in [5.74, 6) is -0.971. The van der Waals surface area contributed by atoms with Gasteiger partial charge >= 0.3 is 5.97 Å². The van der Waals surface area contributed by atoms with Crippen molar-refractivity contribution in [3.63, 3.8) is 0 Å². The van der Waals surface area contributed by atoms with Crippen LogP contribution in [0.1, 0.15) is 16.1 Å². The molecule has 0 saturated carbocycles. The zero-order valence-corrected chi connectivity index (χ0v) is 9.34. The lowest BCUT2D eigenvalue weighted by atomic mass is 10.3. The molecule has 15 heavy (non-hydrogen) atoms. The van der Waals surface area contributed by atoms with Crippen molar-refractivity contribution in [3.05, 3.63) is 33.9 Å². The largest absolute Gasteiger partial charge is 0.478 e. The van der Waals surface area contributed by atoms with E-state index in [1.165, 1.54) is 17.5 Å². The lowest BCUT2D eigenvalue weighted by Gasteiger charge is -1.99. The van der Waals surface area contributed by atoms with Crippen LogP contribution in [-0.4, -0.2) is 20.9 Å². The van der Waals surface area contributed by atoms with Crippen LogP contribution in [-0.2, 0) is 0 Å². The molecule has 78 valence electrons. The van der Waals surface area contributed by atoms with Gasteiger partial charge in [-0.25, -0.2) is 9.48 Å². The third kappa shape index (κ3) is 1.75. The first-order valence-corrected chi connectivity index (χ1v) is 5.32. The Kier molecular flexibility index (Phi) is 2.50. The topological polar surface area (TPSA) is 55.1 Å². The Bertz CT molecular complexity index is 518. The molecule has 0 bridgehead atoms. The minimum Gasteiger partial charge on any atom is -0.478 e. The number of halogens is 1. The molecule has 2 aromatic heterocycles. The van der Waals surface area contributed by atoms with Crippen LogP contribution < -0.4 is 0 Å². The molecule has 0 amide bonds. The zero-order chi connectivity index (χ0) is 11.0. The van der Waals surface area contributed by atoms with E-state index in [0.29, 0.717) is 10.0 Å². The maximum Gasteiger partial charge on any atom is 0.339 e. The van der Waals surface area contributed by atoms with E-state index in [1.54, 1.807) is 23.7 Å². The van der Waals surface area contributed by atoms with Crippen molar-refractivity contribution in [3.8, 4) is 5.00 Å². The second-order valence-electron chi connectivity index (χ2n) is 2.94. The van der Waals surface area contributed by atoms with Crippen molar-refractivity contribution >= 4 is 28.9 Å². The molecule has 4 nitrogen and oxygen atoms in total. The molecule has 1 N–H and O–H groups in total. The maximum atomic E-state index is 10.8. The molecule has 0 aliphatic carbocycles. The van der Waals surface area contributed by atoms with Gasteiger partial charge in [-0.3, -0.25) is 0 Å². The van der Waals surface area contributed by atoms with E-state index >= 15 is 0 Å². The molecule has 0 saturated heterocycles. The first-order chi connectivity index (χ1) is 7.09. The lowest BCUT2D eigenvalue weighted by molar-refractivity contribution is 0.0696. The molecule has 2 heterocycles. The summed E-state index contributed by atoms with van der Waals surface area (Å²) < 4.78 is 2.22. The number of nitrogens with zero attached hydrogens (tertiary/aromatic N) is 2. The third-order valence-corrected chi connectivity index (χ3v) is 3.21. The van der Waals surface area contributed by atoms with Crippen LogP contribution in [0.3, 0.4) is 0 Å². The quantitative estimate of drug-likeness (QED) is 0.881. The third-order valence-electron chi connectivity index (χ3n) is 2.01. The normalized spacial score (nSPS) is 10.5. The monoisotopic (exact) mass is 242 g/mol. The smallest absolute Gasteiger partial charge is 0.339 e. The Morgan fingerprint density at radius 1 is 1.60 bits per heavy atom. The number of thiophene rings is 1. The number of carboxylic acid groups (broad SMARTS) is 1. The van der Waals surface area contributed by atoms with E-state index in [2.05, 4.69) is 5.10 Å². The molecule has 2 aromatic rings. The average Bonchev–Trinajstić information content (AvgIpc) is 2.71. The second-order valence-corrected chi connectivity index (χ2v) is 4.63. The SMILES string of the molecule is Cc1c(C(=O)O)cnn1-c1ccc(Cl)s1. The van der Waals surface area contributed by atoms with Gasteiger partial charge in [-0.2, -0.15) is 5.10 Å². The molecule has 0 aliphatic heterocycles. The second kappa shape index (κ2) is 3.67. The predicted octanol–water partition coefficient (Wildman–Crippen LogP) is 2.59. The van der Waals surface area contributed by atoms with Crippen molar-refractivity contribution in [2.45, 2.75) is 6.92 Å². The van der Waals surface area contributed by atoms with E-state index in [4.69, 9.17) is 16.7 Å². The Labute approximate surface area is 94.7 Å². The van der Waals surface area contributed by atoms with Gasteiger partial charge in [-0.15, -0.1) is 11.3 Å². The number of rotatable bonds is 2. The van der Waals surface area contributed by atoms with Gasteiger partial charge in [0.1, 0.15) is 10.6 Å². The summed E-state index contributed by atoms with van der Waals surface area (Å²) in [5, 5.41) is 13.7. The molecule has 0 atom stereocenters. The summed E-state index contributed by atoms with van der Waals surface area (Å²) in [4.78, 5) is 10.8. The van der Waals surface area contributed by atoms with Crippen LogP contribution >= 0.6 is 22.9 Å². The Balaban J connectivity index is 2.50.